The molecule has 1 aromatic rings. The molecule has 2 atom stereocenters. The summed E-state index contributed by atoms with van der Waals surface area (Å²) in [6, 6.07) is 8.40. The molecule has 1 spiro atoms. The average Bonchev–Trinajstić information content (AvgIpc) is 3.33. The Morgan fingerprint density at radius 3 is 2.42 bits per heavy atom. The molecule has 2 fully saturated rings. The van der Waals surface area contributed by atoms with Crippen molar-refractivity contribution >= 4 is 11.8 Å². The molecule has 2 aliphatic heterocycles. The fraction of sp³-hybridized carbons (Fsp3) is 0.600. The van der Waals surface area contributed by atoms with Crippen LogP contribution in [0.25, 0.3) is 0 Å². The van der Waals surface area contributed by atoms with Gasteiger partial charge in [0, 0.05) is 32.6 Å². The van der Waals surface area contributed by atoms with Gasteiger partial charge in [-0.25, -0.2) is 0 Å². The van der Waals surface area contributed by atoms with Gasteiger partial charge in [-0.3, -0.25) is 9.59 Å². The largest absolute Gasteiger partial charge is 0.342 e. The van der Waals surface area contributed by atoms with Crippen molar-refractivity contribution in [1.82, 2.24) is 9.80 Å². The van der Waals surface area contributed by atoms with Crippen LogP contribution in [0.2, 0.25) is 0 Å². The third kappa shape index (κ3) is 2.52. The second-order valence-electron chi connectivity index (χ2n) is 8.03. The lowest BCUT2D eigenvalue weighted by Gasteiger charge is -2.41. The molecule has 1 aromatic carbocycles. The molecule has 0 unspecified atom stereocenters. The highest BCUT2D eigenvalue weighted by Crippen LogP contribution is 2.43. The molecule has 0 aromatic heterocycles. The Labute approximate surface area is 143 Å². The third-order valence-electron chi connectivity index (χ3n) is 6.31. The number of hydrogen-bond donors (Lipinski definition) is 0. The smallest absolute Gasteiger partial charge is 0.229 e. The topological polar surface area (TPSA) is 40.6 Å². The van der Waals surface area contributed by atoms with E-state index in [1.165, 1.54) is 11.1 Å². The number of rotatable bonds is 1. The molecule has 0 radical (unpaired) electrons. The summed E-state index contributed by atoms with van der Waals surface area (Å²) in [6.45, 7) is 4.29. The van der Waals surface area contributed by atoms with Gasteiger partial charge in [-0.2, -0.15) is 0 Å². The molecule has 4 heteroatoms. The van der Waals surface area contributed by atoms with Crippen LogP contribution in [0, 0.1) is 17.3 Å². The molecule has 24 heavy (non-hydrogen) atoms. The summed E-state index contributed by atoms with van der Waals surface area (Å²) < 4.78 is 0. The van der Waals surface area contributed by atoms with E-state index in [4.69, 9.17) is 0 Å². The maximum Gasteiger partial charge on any atom is 0.229 e. The summed E-state index contributed by atoms with van der Waals surface area (Å²) in [6.07, 6.45) is 3.43. The first-order valence-corrected chi connectivity index (χ1v) is 9.11. The van der Waals surface area contributed by atoms with Gasteiger partial charge in [-0.05, 0) is 42.7 Å². The van der Waals surface area contributed by atoms with Crippen LogP contribution in [0.4, 0.5) is 0 Å². The van der Waals surface area contributed by atoms with Crippen LogP contribution in [-0.4, -0.2) is 41.8 Å². The Kier molecular flexibility index (Phi) is 3.66. The van der Waals surface area contributed by atoms with Crippen molar-refractivity contribution in [2.75, 3.05) is 20.1 Å². The van der Waals surface area contributed by atoms with Gasteiger partial charge in [0.1, 0.15) is 0 Å². The molecule has 4 nitrogen and oxygen atoms in total. The minimum Gasteiger partial charge on any atom is -0.342 e. The molecular weight excluding hydrogens is 300 g/mol. The second kappa shape index (κ2) is 5.61. The van der Waals surface area contributed by atoms with Crippen molar-refractivity contribution in [3.8, 4) is 0 Å². The maximum absolute atomic E-state index is 13.1. The van der Waals surface area contributed by atoms with Gasteiger partial charge in [-0.15, -0.1) is 0 Å². The van der Waals surface area contributed by atoms with E-state index in [0.717, 1.165) is 38.8 Å². The molecule has 4 rings (SSSR count). The molecule has 3 aliphatic rings. The molecule has 2 amide bonds. The monoisotopic (exact) mass is 326 g/mol. The Hall–Kier alpha value is -1.84. The second-order valence-corrected chi connectivity index (χ2v) is 8.03. The molecule has 1 aliphatic carbocycles. The van der Waals surface area contributed by atoms with E-state index in [1.54, 1.807) is 0 Å². The maximum atomic E-state index is 13.1. The van der Waals surface area contributed by atoms with Crippen LogP contribution in [0.1, 0.15) is 37.3 Å². The highest BCUT2D eigenvalue weighted by Gasteiger charge is 2.48. The molecule has 128 valence electrons. The van der Waals surface area contributed by atoms with Crippen LogP contribution < -0.4 is 0 Å². The van der Waals surface area contributed by atoms with Crippen molar-refractivity contribution in [2.45, 2.75) is 39.2 Å². The van der Waals surface area contributed by atoms with Gasteiger partial charge in [0.15, 0.2) is 0 Å². The van der Waals surface area contributed by atoms with Crippen molar-refractivity contribution in [3.05, 3.63) is 35.4 Å². The summed E-state index contributed by atoms with van der Waals surface area (Å²) in [4.78, 5) is 29.5. The predicted octanol–water partition coefficient (Wildman–Crippen LogP) is 2.47. The highest BCUT2D eigenvalue weighted by molar-refractivity contribution is 5.85. The average molecular weight is 326 g/mol. The molecule has 1 saturated heterocycles. The molecule has 0 bridgehead atoms. The van der Waals surface area contributed by atoms with Crippen LogP contribution in [0.15, 0.2) is 24.3 Å². The third-order valence-corrected chi connectivity index (χ3v) is 6.31. The van der Waals surface area contributed by atoms with E-state index in [0.29, 0.717) is 18.4 Å². The summed E-state index contributed by atoms with van der Waals surface area (Å²) >= 11 is 0. The lowest BCUT2D eigenvalue weighted by atomic mass is 9.73. The fourth-order valence-electron chi connectivity index (χ4n) is 4.50. The zero-order chi connectivity index (χ0) is 16.9. The Morgan fingerprint density at radius 2 is 1.79 bits per heavy atom. The van der Waals surface area contributed by atoms with E-state index in [9.17, 15) is 9.59 Å². The first-order chi connectivity index (χ1) is 11.5. The number of piperidine rings is 1. The summed E-state index contributed by atoms with van der Waals surface area (Å²) in [7, 11) is 1.91. The zero-order valence-corrected chi connectivity index (χ0v) is 14.6. The van der Waals surface area contributed by atoms with Gasteiger partial charge in [-0.1, -0.05) is 31.2 Å². The standard InChI is InChI=1S/C20H26N2O2/c1-14-11-17(14)18(23)22-9-7-20(8-10-22)12-15-5-3-4-6-16(15)13-21(2)19(20)24/h3-6,14,17H,7-13H2,1-2H3/t14-,17-/m0/s1. The number of carbonyl (C=O) groups excluding carboxylic acids is 2. The molecular formula is C20H26N2O2. The predicted molar refractivity (Wildman–Crippen MR) is 92.1 cm³/mol. The lowest BCUT2D eigenvalue weighted by molar-refractivity contribution is -0.147. The van der Waals surface area contributed by atoms with Crippen LogP contribution in [-0.2, 0) is 22.6 Å². The van der Waals surface area contributed by atoms with Crippen LogP contribution >= 0.6 is 0 Å². The summed E-state index contributed by atoms with van der Waals surface area (Å²) in [5, 5.41) is 0. The van der Waals surface area contributed by atoms with Crippen LogP contribution in [0.5, 0.6) is 0 Å². The van der Waals surface area contributed by atoms with Gasteiger partial charge >= 0.3 is 0 Å². The minimum absolute atomic E-state index is 0.243. The Balaban J connectivity index is 1.54. The van der Waals surface area contributed by atoms with Crippen molar-refractivity contribution < 1.29 is 9.59 Å². The Morgan fingerprint density at radius 1 is 1.17 bits per heavy atom. The van der Waals surface area contributed by atoms with E-state index in [1.807, 2.05) is 22.9 Å². The normalized spacial score (nSPS) is 28.5. The summed E-state index contributed by atoms with van der Waals surface area (Å²) in [5.41, 5.74) is 2.23. The first-order valence-electron chi connectivity index (χ1n) is 9.11. The Bertz CT molecular complexity index is 676. The molecule has 1 saturated carbocycles. The highest BCUT2D eigenvalue weighted by atomic mass is 16.2. The number of benzene rings is 1. The van der Waals surface area contributed by atoms with E-state index < -0.39 is 0 Å². The van der Waals surface area contributed by atoms with E-state index in [-0.39, 0.29) is 17.2 Å². The van der Waals surface area contributed by atoms with E-state index in [2.05, 4.69) is 25.1 Å². The molecule has 2 heterocycles. The number of fused-ring (bicyclic) bond motifs is 1. The molecule has 0 N–H and O–H groups in total. The number of likely N-dealkylation sites (tertiary alicyclic amines) is 1. The quantitative estimate of drug-likeness (QED) is 0.795. The lowest BCUT2D eigenvalue weighted by Crippen LogP contribution is -2.50. The number of carbonyl (C=O) groups is 2. The SMILES string of the molecule is C[C@H]1C[C@@H]1C(=O)N1CCC2(CC1)Cc1ccccc1CN(C)C2=O. The minimum atomic E-state index is -0.326. The van der Waals surface area contributed by atoms with Gasteiger partial charge in [0.05, 0.1) is 5.41 Å². The van der Waals surface area contributed by atoms with Crippen molar-refractivity contribution in [1.29, 1.82) is 0 Å². The fourth-order valence-corrected chi connectivity index (χ4v) is 4.50. The van der Waals surface area contributed by atoms with Crippen molar-refractivity contribution in [3.63, 3.8) is 0 Å². The number of hydrogen-bond acceptors (Lipinski definition) is 2. The van der Waals surface area contributed by atoms with Crippen LogP contribution in [0.3, 0.4) is 0 Å². The van der Waals surface area contributed by atoms with Crippen molar-refractivity contribution in [2.24, 2.45) is 17.3 Å². The van der Waals surface area contributed by atoms with Gasteiger partial charge < -0.3 is 9.80 Å². The van der Waals surface area contributed by atoms with Gasteiger partial charge in [0.25, 0.3) is 0 Å². The van der Waals surface area contributed by atoms with Gasteiger partial charge in [0.2, 0.25) is 11.8 Å². The number of amides is 2. The first kappa shape index (κ1) is 15.7. The van der Waals surface area contributed by atoms with E-state index >= 15 is 0 Å². The number of nitrogens with zero attached hydrogens (tertiary/aromatic N) is 2. The zero-order valence-electron chi connectivity index (χ0n) is 14.6. The summed E-state index contributed by atoms with van der Waals surface area (Å²) in [5.74, 6) is 1.36.